The molecule has 0 aromatic heterocycles. The number of aliphatic hydroxyl groups excluding tert-OH is 1. The van der Waals surface area contributed by atoms with Gasteiger partial charge in [-0.2, -0.15) is 0 Å². The molecule has 0 bridgehead atoms. The van der Waals surface area contributed by atoms with E-state index in [0.717, 1.165) is 6.42 Å². The second-order valence-corrected chi connectivity index (χ2v) is 7.52. The molecule has 0 saturated carbocycles. The summed E-state index contributed by atoms with van der Waals surface area (Å²) in [5, 5.41) is 21.3. The highest BCUT2D eigenvalue weighted by molar-refractivity contribution is 6.46. The van der Waals surface area contributed by atoms with Gasteiger partial charge in [0.25, 0.3) is 11.7 Å². The van der Waals surface area contributed by atoms with E-state index in [2.05, 4.69) is 0 Å². The topological polar surface area (TPSA) is 106 Å². The largest absolute Gasteiger partial charge is 0.507 e. The molecule has 1 unspecified atom stereocenters. The van der Waals surface area contributed by atoms with Crippen molar-refractivity contribution in [3.63, 3.8) is 0 Å². The van der Waals surface area contributed by atoms with Gasteiger partial charge in [0.05, 0.1) is 31.4 Å². The number of Topliss-reactive ketones (excluding diaryl/α,β-unsaturated/α-hetero) is 1. The normalized spacial score (nSPS) is 17.4. The number of likely N-dealkylation sites (tertiary alicyclic amines) is 1. The molecule has 8 heteroatoms. The van der Waals surface area contributed by atoms with Crippen molar-refractivity contribution in [2.75, 3.05) is 33.5 Å². The van der Waals surface area contributed by atoms with Gasteiger partial charge in [-0.15, -0.1) is 0 Å². The smallest absolute Gasteiger partial charge is 0.295 e. The highest BCUT2D eigenvalue weighted by atomic mass is 16.5. The van der Waals surface area contributed by atoms with E-state index in [9.17, 15) is 19.8 Å². The van der Waals surface area contributed by atoms with E-state index >= 15 is 0 Å². The zero-order valence-corrected chi connectivity index (χ0v) is 19.0. The van der Waals surface area contributed by atoms with Crippen LogP contribution in [0.15, 0.2) is 48.0 Å². The highest BCUT2D eigenvalue weighted by Gasteiger charge is 2.46. The number of aromatic hydroxyl groups is 1. The third-order valence-electron chi connectivity index (χ3n) is 5.26. The van der Waals surface area contributed by atoms with Crippen molar-refractivity contribution < 1.29 is 34.0 Å². The molecule has 1 aliphatic heterocycles. The van der Waals surface area contributed by atoms with Crippen LogP contribution >= 0.6 is 0 Å². The van der Waals surface area contributed by atoms with E-state index in [1.54, 1.807) is 43.3 Å². The van der Waals surface area contributed by atoms with Gasteiger partial charge in [0.15, 0.2) is 11.5 Å². The van der Waals surface area contributed by atoms with Crippen molar-refractivity contribution in [3.05, 3.63) is 59.2 Å². The fourth-order valence-electron chi connectivity index (χ4n) is 3.73. The van der Waals surface area contributed by atoms with Gasteiger partial charge in [-0.3, -0.25) is 9.59 Å². The number of hydrogen-bond donors (Lipinski definition) is 2. The molecule has 2 aromatic rings. The Labute approximate surface area is 193 Å². The van der Waals surface area contributed by atoms with Crippen LogP contribution in [0, 0.1) is 0 Å². The van der Waals surface area contributed by atoms with Crippen molar-refractivity contribution in [3.8, 4) is 17.2 Å². The first kappa shape index (κ1) is 24.1. The molecule has 1 heterocycles. The number of hydrogen-bond acceptors (Lipinski definition) is 7. The summed E-state index contributed by atoms with van der Waals surface area (Å²) in [5.41, 5.74) is 0.838. The number of phenolic OH excluding ortho intramolecular Hbond substituents is 1. The minimum Gasteiger partial charge on any atom is -0.507 e. The number of nitrogens with zero attached hydrogens (tertiary/aromatic N) is 1. The lowest BCUT2D eigenvalue weighted by molar-refractivity contribution is -0.140. The fourth-order valence-corrected chi connectivity index (χ4v) is 3.73. The Kier molecular flexibility index (Phi) is 7.95. The SMILES string of the molecule is CCCOc1cccc(C(O)=C2C(=O)C(=O)N(CCOC)C2c2ccc(O)c(OCC)c2)c1. The number of phenols is 1. The summed E-state index contributed by atoms with van der Waals surface area (Å²) in [6, 6.07) is 10.5. The van der Waals surface area contributed by atoms with Crippen LogP contribution in [0.1, 0.15) is 37.4 Å². The molecule has 2 aromatic carbocycles. The van der Waals surface area contributed by atoms with Crippen LogP contribution in [0.25, 0.3) is 5.76 Å². The average Bonchev–Trinajstić information content (AvgIpc) is 3.07. The Morgan fingerprint density at radius 2 is 1.85 bits per heavy atom. The second kappa shape index (κ2) is 10.9. The zero-order chi connectivity index (χ0) is 24.0. The molecule has 1 saturated heterocycles. The minimum absolute atomic E-state index is 0.0446. The maximum Gasteiger partial charge on any atom is 0.295 e. The van der Waals surface area contributed by atoms with Gasteiger partial charge < -0.3 is 29.3 Å². The molecule has 1 amide bonds. The predicted octanol–water partition coefficient (Wildman–Crippen LogP) is 3.65. The van der Waals surface area contributed by atoms with Crippen LogP contribution in [0.3, 0.4) is 0 Å². The second-order valence-electron chi connectivity index (χ2n) is 7.52. The summed E-state index contributed by atoms with van der Waals surface area (Å²) in [7, 11) is 1.50. The predicted molar refractivity (Wildman–Crippen MR) is 122 cm³/mol. The number of ether oxygens (including phenoxy) is 3. The molecule has 3 rings (SSSR count). The van der Waals surface area contributed by atoms with Gasteiger partial charge in [-0.25, -0.2) is 0 Å². The Hall–Kier alpha value is -3.52. The number of amides is 1. The van der Waals surface area contributed by atoms with Crippen LogP contribution in [0.2, 0.25) is 0 Å². The van der Waals surface area contributed by atoms with Gasteiger partial charge in [0, 0.05) is 19.2 Å². The molecule has 0 aliphatic carbocycles. The maximum atomic E-state index is 13.1. The molecule has 1 aliphatic rings. The third-order valence-corrected chi connectivity index (χ3v) is 5.26. The van der Waals surface area contributed by atoms with E-state index in [4.69, 9.17) is 14.2 Å². The first-order valence-electron chi connectivity index (χ1n) is 10.9. The van der Waals surface area contributed by atoms with Gasteiger partial charge in [-0.05, 0) is 43.2 Å². The molecule has 176 valence electrons. The molecule has 33 heavy (non-hydrogen) atoms. The van der Waals surface area contributed by atoms with Crippen LogP contribution in [-0.4, -0.2) is 60.3 Å². The van der Waals surface area contributed by atoms with E-state index < -0.39 is 17.7 Å². The van der Waals surface area contributed by atoms with Crippen LogP contribution in [-0.2, 0) is 14.3 Å². The molecule has 0 spiro atoms. The maximum absolute atomic E-state index is 13.1. The monoisotopic (exact) mass is 455 g/mol. The number of benzene rings is 2. The lowest BCUT2D eigenvalue weighted by Crippen LogP contribution is -2.32. The molecule has 1 fully saturated rings. The van der Waals surface area contributed by atoms with Crippen molar-refractivity contribution in [2.45, 2.75) is 26.3 Å². The Morgan fingerprint density at radius 1 is 1.06 bits per heavy atom. The van der Waals surface area contributed by atoms with E-state index in [1.807, 2.05) is 6.92 Å². The number of aliphatic hydroxyl groups is 1. The number of carbonyl (C=O) groups is 2. The summed E-state index contributed by atoms with van der Waals surface area (Å²) in [5.74, 6) is -1.11. The Bertz CT molecular complexity index is 1050. The zero-order valence-electron chi connectivity index (χ0n) is 19.0. The van der Waals surface area contributed by atoms with Gasteiger partial charge in [-0.1, -0.05) is 25.1 Å². The van der Waals surface area contributed by atoms with Crippen LogP contribution < -0.4 is 9.47 Å². The summed E-state index contributed by atoms with van der Waals surface area (Å²) in [4.78, 5) is 27.3. The molecule has 1 atom stereocenters. The van der Waals surface area contributed by atoms with Crippen LogP contribution in [0.4, 0.5) is 0 Å². The number of rotatable bonds is 10. The summed E-state index contributed by atoms with van der Waals surface area (Å²) in [6.45, 7) is 4.96. The van der Waals surface area contributed by atoms with E-state index in [1.165, 1.54) is 18.1 Å². The summed E-state index contributed by atoms with van der Waals surface area (Å²) >= 11 is 0. The van der Waals surface area contributed by atoms with Crippen molar-refractivity contribution >= 4 is 17.4 Å². The lowest BCUT2D eigenvalue weighted by Gasteiger charge is -2.25. The van der Waals surface area contributed by atoms with Gasteiger partial charge in [0.2, 0.25) is 0 Å². The number of methoxy groups -OCH3 is 1. The van der Waals surface area contributed by atoms with E-state index in [-0.39, 0.29) is 36.0 Å². The minimum atomic E-state index is -0.875. The molecule has 8 nitrogen and oxygen atoms in total. The summed E-state index contributed by atoms with van der Waals surface area (Å²) in [6.07, 6.45) is 0.823. The van der Waals surface area contributed by atoms with Crippen molar-refractivity contribution in [1.82, 2.24) is 4.90 Å². The Balaban J connectivity index is 2.14. The van der Waals surface area contributed by atoms with Crippen LogP contribution in [0.5, 0.6) is 17.2 Å². The lowest BCUT2D eigenvalue weighted by atomic mass is 9.95. The first-order valence-corrected chi connectivity index (χ1v) is 10.9. The molecule has 0 radical (unpaired) electrons. The standard InChI is InChI=1S/C25H29NO7/c1-4-12-33-18-8-6-7-17(14-18)23(28)21-22(26(11-13-31-3)25(30)24(21)29)16-9-10-19(27)20(15-16)32-5-2/h6-10,14-15,22,27-28H,4-5,11-13H2,1-3H3. The van der Waals surface area contributed by atoms with Crippen molar-refractivity contribution in [2.24, 2.45) is 0 Å². The van der Waals surface area contributed by atoms with E-state index in [0.29, 0.717) is 30.1 Å². The number of carbonyl (C=O) groups excluding carboxylic acids is 2. The molecule has 2 N–H and O–H groups in total. The Morgan fingerprint density at radius 3 is 2.55 bits per heavy atom. The quantitative estimate of drug-likeness (QED) is 0.320. The number of ketones is 1. The molecular weight excluding hydrogens is 426 g/mol. The van der Waals surface area contributed by atoms with Gasteiger partial charge >= 0.3 is 0 Å². The van der Waals surface area contributed by atoms with Crippen molar-refractivity contribution in [1.29, 1.82) is 0 Å². The third kappa shape index (κ3) is 5.12. The van der Waals surface area contributed by atoms with Gasteiger partial charge in [0.1, 0.15) is 11.5 Å². The summed E-state index contributed by atoms with van der Waals surface area (Å²) < 4.78 is 16.2. The molecular formula is C25H29NO7. The fraction of sp³-hybridized carbons (Fsp3) is 0.360. The average molecular weight is 456 g/mol. The first-order chi connectivity index (χ1) is 15.9. The highest BCUT2D eigenvalue weighted by Crippen LogP contribution is 2.41.